The van der Waals surface area contributed by atoms with Crippen LogP contribution in [0.3, 0.4) is 0 Å². The quantitative estimate of drug-likeness (QED) is 0.673. The van der Waals surface area contributed by atoms with Crippen molar-refractivity contribution in [1.29, 1.82) is 0 Å². The molecule has 1 aromatic carbocycles. The Kier molecular flexibility index (Phi) is 4.65. The second kappa shape index (κ2) is 6.89. The van der Waals surface area contributed by atoms with Crippen LogP contribution in [-0.4, -0.2) is 21.8 Å². The second-order valence-corrected chi connectivity index (χ2v) is 6.44. The summed E-state index contributed by atoms with van der Waals surface area (Å²) in [5, 5.41) is 2.91. The van der Waals surface area contributed by atoms with E-state index < -0.39 is 5.54 Å². The number of carbonyl (C=O) groups is 2. The third-order valence-corrected chi connectivity index (χ3v) is 4.33. The molecule has 1 aliphatic heterocycles. The number of pyridine rings is 1. The Morgan fingerprint density at radius 3 is 2.56 bits per heavy atom. The van der Waals surface area contributed by atoms with E-state index in [9.17, 15) is 9.59 Å². The Morgan fingerprint density at radius 1 is 1.16 bits per heavy atom. The predicted molar refractivity (Wildman–Crippen MR) is 95.5 cm³/mol. The minimum Gasteiger partial charge on any atom is -0.319 e. The van der Waals surface area contributed by atoms with E-state index in [0.717, 1.165) is 11.1 Å². The van der Waals surface area contributed by atoms with Crippen LogP contribution in [0.1, 0.15) is 31.4 Å². The van der Waals surface area contributed by atoms with Gasteiger partial charge < -0.3 is 5.32 Å². The zero-order valence-corrected chi connectivity index (χ0v) is 14.4. The maximum absolute atomic E-state index is 13.2. The molecule has 25 heavy (non-hydrogen) atoms. The standard InChI is InChI=1S/C20H21N3O2/c1-15(2)10-11-20(17-9-6-12-21-13-17)18(24)23(19(25)22-20)14-16-7-4-3-5-8-16/h3-10,12-13H,11,14H2,1-2H3,(H,22,25). The number of hydrogen-bond donors (Lipinski definition) is 1. The molecule has 1 aliphatic rings. The lowest BCUT2D eigenvalue weighted by Gasteiger charge is -2.26. The van der Waals surface area contributed by atoms with Gasteiger partial charge in [-0.3, -0.25) is 14.7 Å². The fourth-order valence-electron chi connectivity index (χ4n) is 2.96. The number of rotatable bonds is 5. The molecule has 1 aromatic heterocycles. The van der Waals surface area contributed by atoms with Crippen LogP contribution in [0.2, 0.25) is 0 Å². The number of benzene rings is 1. The van der Waals surface area contributed by atoms with Gasteiger partial charge in [-0.05, 0) is 25.5 Å². The topological polar surface area (TPSA) is 62.3 Å². The summed E-state index contributed by atoms with van der Waals surface area (Å²) in [5.41, 5.74) is 1.60. The maximum atomic E-state index is 13.2. The summed E-state index contributed by atoms with van der Waals surface area (Å²) in [5.74, 6) is -0.244. The van der Waals surface area contributed by atoms with Gasteiger partial charge >= 0.3 is 6.03 Å². The van der Waals surface area contributed by atoms with Crippen molar-refractivity contribution in [1.82, 2.24) is 15.2 Å². The Morgan fingerprint density at radius 2 is 1.92 bits per heavy atom. The lowest BCUT2D eigenvalue weighted by atomic mass is 9.86. The highest BCUT2D eigenvalue weighted by Crippen LogP contribution is 2.33. The minimum atomic E-state index is -1.10. The number of nitrogens with zero attached hydrogens (tertiary/aromatic N) is 2. The molecule has 0 bridgehead atoms. The van der Waals surface area contributed by atoms with E-state index in [1.807, 2.05) is 56.3 Å². The Balaban J connectivity index is 1.97. The highest BCUT2D eigenvalue weighted by molar-refractivity contribution is 6.07. The molecule has 5 heteroatoms. The molecule has 128 valence electrons. The van der Waals surface area contributed by atoms with Crippen molar-refractivity contribution >= 4 is 11.9 Å². The number of amides is 3. The molecule has 1 saturated heterocycles. The Labute approximate surface area is 147 Å². The summed E-state index contributed by atoms with van der Waals surface area (Å²) < 4.78 is 0. The molecular formula is C20H21N3O2. The molecule has 1 unspecified atom stereocenters. The molecule has 3 rings (SSSR count). The van der Waals surface area contributed by atoms with Crippen molar-refractivity contribution in [2.45, 2.75) is 32.4 Å². The Bertz CT molecular complexity index is 798. The van der Waals surface area contributed by atoms with E-state index in [4.69, 9.17) is 0 Å². The smallest absolute Gasteiger partial charge is 0.319 e. The molecule has 5 nitrogen and oxygen atoms in total. The van der Waals surface area contributed by atoms with Gasteiger partial charge in [0.15, 0.2) is 5.54 Å². The summed E-state index contributed by atoms with van der Waals surface area (Å²) >= 11 is 0. The normalized spacial score (nSPS) is 19.7. The van der Waals surface area contributed by atoms with Gasteiger partial charge in [-0.15, -0.1) is 0 Å². The number of urea groups is 1. The molecule has 1 N–H and O–H groups in total. The zero-order chi connectivity index (χ0) is 17.9. The molecular weight excluding hydrogens is 314 g/mol. The lowest BCUT2D eigenvalue weighted by Crippen LogP contribution is -2.43. The third kappa shape index (κ3) is 3.31. The maximum Gasteiger partial charge on any atom is 0.325 e. The van der Waals surface area contributed by atoms with Crippen LogP contribution in [0.4, 0.5) is 4.79 Å². The van der Waals surface area contributed by atoms with Gasteiger partial charge in [0.1, 0.15) is 0 Å². The summed E-state index contributed by atoms with van der Waals surface area (Å²) in [7, 11) is 0. The monoisotopic (exact) mass is 335 g/mol. The van der Waals surface area contributed by atoms with Crippen LogP contribution in [0.5, 0.6) is 0 Å². The highest BCUT2D eigenvalue weighted by atomic mass is 16.2. The van der Waals surface area contributed by atoms with Crippen LogP contribution < -0.4 is 5.32 Å². The fourth-order valence-corrected chi connectivity index (χ4v) is 2.96. The van der Waals surface area contributed by atoms with Crippen molar-refractivity contribution in [2.75, 3.05) is 0 Å². The van der Waals surface area contributed by atoms with Gasteiger partial charge in [0, 0.05) is 24.4 Å². The summed E-state index contributed by atoms with van der Waals surface area (Å²) in [6, 6.07) is 12.7. The molecule has 1 atom stereocenters. The second-order valence-electron chi connectivity index (χ2n) is 6.44. The lowest BCUT2D eigenvalue weighted by molar-refractivity contribution is -0.132. The molecule has 1 fully saturated rings. The van der Waals surface area contributed by atoms with Gasteiger partial charge in [0.25, 0.3) is 5.91 Å². The van der Waals surface area contributed by atoms with E-state index in [-0.39, 0.29) is 18.5 Å². The molecule has 2 aromatic rings. The number of imide groups is 1. The average Bonchev–Trinajstić information content (AvgIpc) is 2.87. The first-order valence-electron chi connectivity index (χ1n) is 8.25. The van der Waals surface area contributed by atoms with Gasteiger partial charge in [-0.25, -0.2) is 4.79 Å². The first-order valence-corrected chi connectivity index (χ1v) is 8.25. The number of hydrogen-bond acceptors (Lipinski definition) is 3. The van der Waals surface area contributed by atoms with Crippen LogP contribution in [0.25, 0.3) is 0 Å². The van der Waals surface area contributed by atoms with Crippen molar-refractivity contribution in [3.8, 4) is 0 Å². The van der Waals surface area contributed by atoms with Crippen molar-refractivity contribution in [3.63, 3.8) is 0 Å². The summed E-state index contributed by atoms with van der Waals surface area (Å²) in [4.78, 5) is 31.2. The van der Waals surface area contributed by atoms with E-state index in [0.29, 0.717) is 12.0 Å². The van der Waals surface area contributed by atoms with Gasteiger partial charge in [0.05, 0.1) is 6.54 Å². The average molecular weight is 335 g/mol. The van der Waals surface area contributed by atoms with Gasteiger partial charge in [0.2, 0.25) is 0 Å². The van der Waals surface area contributed by atoms with E-state index in [2.05, 4.69) is 10.3 Å². The van der Waals surface area contributed by atoms with Crippen molar-refractivity contribution < 1.29 is 9.59 Å². The van der Waals surface area contributed by atoms with Crippen LogP contribution >= 0.6 is 0 Å². The predicted octanol–water partition coefficient (Wildman–Crippen LogP) is 3.39. The number of aromatic nitrogens is 1. The SMILES string of the molecule is CC(C)=CCC1(c2cccnc2)NC(=O)N(Cc2ccccc2)C1=O. The molecule has 0 aliphatic carbocycles. The van der Waals surface area contributed by atoms with E-state index in [1.54, 1.807) is 18.5 Å². The van der Waals surface area contributed by atoms with Crippen molar-refractivity contribution in [3.05, 3.63) is 77.6 Å². The minimum absolute atomic E-state index is 0.244. The molecule has 3 amide bonds. The van der Waals surface area contributed by atoms with Crippen LogP contribution in [-0.2, 0) is 16.9 Å². The van der Waals surface area contributed by atoms with Crippen LogP contribution in [0.15, 0.2) is 66.5 Å². The summed E-state index contributed by atoms with van der Waals surface area (Å²) in [6.07, 6.45) is 5.66. The third-order valence-electron chi connectivity index (χ3n) is 4.33. The highest BCUT2D eigenvalue weighted by Gasteiger charge is 2.51. The molecule has 0 saturated carbocycles. The number of carbonyl (C=O) groups excluding carboxylic acids is 2. The largest absolute Gasteiger partial charge is 0.325 e. The first-order chi connectivity index (χ1) is 12.0. The molecule has 0 spiro atoms. The Hall–Kier alpha value is -2.95. The van der Waals surface area contributed by atoms with Gasteiger partial charge in [-0.2, -0.15) is 0 Å². The molecule has 2 heterocycles. The van der Waals surface area contributed by atoms with E-state index >= 15 is 0 Å². The number of allylic oxidation sites excluding steroid dienone is 1. The van der Waals surface area contributed by atoms with Crippen LogP contribution in [0, 0.1) is 0 Å². The number of nitrogens with one attached hydrogen (secondary N) is 1. The molecule has 0 radical (unpaired) electrons. The van der Waals surface area contributed by atoms with E-state index in [1.165, 1.54) is 4.90 Å². The zero-order valence-electron chi connectivity index (χ0n) is 14.4. The van der Waals surface area contributed by atoms with Gasteiger partial charge in [-0.1, -0.05) is 48.0 Å². The summed E-state index contributed by atoms with van der Waals surface area (Å²) in [6.45, 7) is 4.20. The first kappa shape index (κ1) is 16.9. The van der Waals surface area contributed by atoms with Crippen molar-refractivity contribution in [2.24, 2.45) is 0 Å². The fraction of sp³-hybridized carbons (Fsp3) is 0.250.